The van der Waals surface area contributed by atoms with Crippen molar-refractivity contribution in [1.29, 1.82) is 0 Å². The van der Waals surface area contributed by atoms with E-state index < -0.39 is 0 Å². The molecule has 0 aromatic heterocycles. The number of carbonyl (C=O) groups is 1. The van der Waals surface area contributed by atoms with Crippen LogP contribution in [0.4, 0.5) is 5.69 Å². The van der Waals surface area contributed by atoms with Gasteiger partial charge in [0, 0.05) is 19.2 Å². The number of carbonyl (C=O) groups excluding carboxylic acids is 1. The minimum Gasteiger partial charge on any atom is -0.364 e. The van der Waals surface area contributed by atoms with Crippen molar-refractivity contribution < 1.29 is 9.72 Å². The number of nitro benzene ring substituents is 1. The maximum Gasteiger partial charge on any atom is 0.269 e. The molecule has 1 aliphatic carbocycles. The van der Waals surface area contributed by atoms with Crippen LogP contribution < -0.4 is 16.2 Å². The molecule has 1 unspecified atom stereocenters. The van der Waals surface area contributed by atoms with Gasteiger partial charge in [0.15, 0.2) is 5.11 Å². The molecule has 1 aromatic carbocycles. The second kappa shape index (κ2) is 13.1. The van der Waals surface area contributed by atoms with Crippen molar-refractivity contribution in [2.45, 2.75) is 46.0 Å². The maximum atomic E-state index is 10.6. The Labute approximate surface area is 154 Å². The Morgan fingerprint density at radius 2 is 2.04 bits per heavy atom. The van der Waals surface area contributed by atoms with Gasteiger partial charge >= 0.3 is 0 Å². The summed E-state index contributed by atoms with van der Waals surface area (Å²) >= 11 is 4.58. The van der Waals surface area contributed by atoms with Crippen molar-refractivity contribution in [3.8, 4) is 0 Å². The number of nitrogens with one attached hydrogen (secondary N) is 3. The van der Waals surface area contributed by atoms with E-state index in [1.807, 2.05) is 19.9 Å². The monoisotopic (exact) mass is 368 g/mol. The number of hydrogen-bond donors (Lipinski definition) is 3. The van der Waals surface area contributed by atoms with Gasteiger partial charge < -0.3 is 5.32 Å². The maximum absolute atomic E-state index is 10.6. The molecule has 0 saturated heterocycles. The molecule has 25 heavy (non-hydrogen) atoms. The summed E-state index contributed by atoms with van der Waals surface area (Å²) in [7, 11) is 1.65. The van der Waals surface area contributed by atoms with Crippen molar-refractivity contribution >= 4 is 29.4 Å². The predicted molar refractivity (Wildman–Crippen MR) is 104 cm³/mol. The molecule has 2 rings (SSSR count). The molecule has 0 spiro atoms. The van der Waals surface area contributed by atoms with E-state index in [0.717, 1.165) is 11.5 Å². The lowest BCUT2D eigenvalue weighted by molar-refractivity contribution is -0.384. The van der Waals surface area contributed by atoms with Gasteiger partial charge in [0.05, 0.1) is 4.92 Å². The van der Waals surface area contributed by atoms with E-state index in [-0.39, 0.29) is 10.6 Å². The molecule has 0 aliphatic heterocycles. The molecule has 8 heteroatoms. The molecule has 1 amide bonds. The molecule has 1 fully saturated rings. The third-order valence-electron chi connectivity index (χ3n) is 3.94. The number of hydrogen-bond acceptors (Lipinski definition) is 4. The van der Waals surface area contributed by atoms with Gasteiger partial charge in [-0.1, -0.05) is 39.3 Å². The van der Waals surface area contributed by atoms with Gasteiger partial charge in [0.1, 0.15) is 0 Å². The highest BCUT2D eigenvalue weighted by molar-refractivity contribution is 7.80. The van der Waals surface area contributed by atoms with E-state index in [2.05, 4.69) is 35.3 Å². The molecule has 7 nitrogen and oxygen atoms in total. The molecular weight excluding hydrogens is 340 g/mol. The van der Waals surface area contributed by atoms with Gasteiger partial charge in [0.25, 0.3) is 5.69 Å². The van der Waals surface area contributed by atoms with Gasteiger partial charge in [-0.15, -0.1) is 0 Å². The van der Waals surface area contributed by atoms with Crippen LogP contribution >= 0.6 is 12.2 Å². The van der Waals surface area contributed by atoms with Gasteiger partial charge in [-0.3, -0.25) is 25.8 Å². The lowest BCUT2D eigenvalue weighted by atomic mass is 9.74. The number of amides is 1. The Hall–Kier alpha value is -2.22. The fourth-order valence-electron chi connectivity index (χ4n) is 2.29. The fraction of sp³-hybridized carbons (Fsp3) is 0.529. The van der Waals surface area contributed by atoms with Crippen molar-refractivity contribution in [2.75, 3.05) is 7.05 Å². The summed E-state index contributed by atoms with van der Waals surface area (Å²) in [4.78, 5) is 19.9. The van der Waals surface area contributed by atoms with Crippen molar-refractivity contribution in [1.82, 2.24) is 16.2 Å². The summed E-state index contributed by atoms with van der Waals surface area (Å²) in [5.74, 6) is 1.19. The zero-order valence-corrected chi connectivity index (χ0v) is 16.1. The predicted octanol–water partition coefficient (Wildman–Crippen LogP) is 3.27. The lowest BCUT2D eigenvalue weighted by Gasteiger charge is -2.31. The second-order valence-electron chi connectivity index (χ2n) is 5.30. The van der Waals surface area contributed by atoms with Crippen molar-refractivity contribution in [3.63, 3.8) is 0 Å². The van der Waals surface area contributed by atoms with Crippen LogP contribution in [0.15, 0.2) is 24.3 Å². The van der Waals surface area contributed by atoms with Crippen molar-refractivity contribution in [3.05, 3.63) is 39.9 Å². The highest BCUT2D eigenvalue weighted by Crippen LogP contribution is 2.39. The van der Waals surface area contributed by atoms with Crippen LogP contribution in [0.5, 0.6) is 0 Å². The third-order valence-corrected chi connectivity index (χ3v) is 4.24. The minimum atomic E-state index is -0.322. The minimum absolute atomic E-state index is 0.207. The van der Waals surface area contributed by atoms with Crippen LogP contribution in [0.3, 0.4) is 0 Å². The normalized spacial score (nSPS) is 13.4. The summed E-state index contributed by atoms with van der Waals surface area (Å²) in [6.07, 6.45) is 4.35. The van der Waals surface area contributed by atoms with E-state index in [9.17, 15) is 14.9 Å². The quantitative estimate of drug-likeness (QED) is 0.319. The van der Waals surface area contributed by atoms with Gasteiger partial charge in [-0.05, 0) is 42.5 Å². The summed E-state index contributed by atoms with van der Waals surface area (Å²) < 4.78 is 0. The molecular formula is C17H28N4O3S. The van der Waals surface area contributed by atoms with Crippen LogP contribution in [-0.2, 0) is 4.79 Å². The molecule has 140 valence electrons. The van der Waals surface area contributed by atoms with Gasteiger partial charge in [0.2, 0.25) is 6.41 Å². The number of nitro groups is 1. The third kappa shape index (κ3) is 8.44. The molecule has 0 bridgehead atoms. The largest absolute Gasteiger partial charge is 0.364 e. The Morgan fingerprint density at radius 3 is 2.48 bits per heavy atom. The number of rotatable bonds is 5. The lowest BCUT2D eigenvalue weighted by Crippen LogP contribution is -2.41. The smallest absolute Gasteiger partial charge is 0.269 e. The summed E-state index contributed by atoms with van der Waals surface area (Å²) in [5, 5.41) is 13.6. The van der Waals surface area contributed by atoms with E-state index >= 15 is 0 Å². The highest BCUT2D eigenvalue weighted by Gasteiger charge is 2.25. The first-order valence-corrected chi connectivity index (χ1v) is 8.81. The summed E-state index contributed by atoms with van der Waals surface area (Å²) in [6, 6.07) is 7.04. The van der Waals surface area contributed by atoms with Gasteiger partial charge in [-0.2, -0.15) is 0 Å². The van der Waals surface area contributed by atoms with E-state index in [1.54, 1.807) is 25.2 Å². The molecule has 1 atom stereocenters. The molecule has 3 N–H and O–H groups in total. The molecule has 0 radical (unpaired) electrons. The fourth-order valence-corrected chi connectivity index (χ4v) is 2.35. The first kappa shape index (κ1) is 22.8. The average molecular weight is 369 g/mol. The topological polar surface area (TPSA) is 96.3 Å². The SMILES string of the molecule is CC.CC(c1cccc([N+](=O)[O-])c1)C1CCC1.CNC(=S)NNC=O. The molecule has 1 aromatic rings. The number of hydrazine groups is 1. The van der Waals surface area contributed by atoms with Crippen LogP contribution in [0.25, 0.3) is 0 Å². The van der Waals surface area contributed by atoms with E-state index in [1.165, 1.54) is 19.3 Å². The Morgan fingerprint density at radius 1 is 1.40 bits per heavy atom. The molecule has 1 saturated carbocycles. The first-order valence-electron chi connectivity index (χ1n) is 8.40. The number of non-ortho nitro benzene ring substituents is 1. The zero-order valence-electron chi connectivity index (χ0n) is 15.2. The standard InChI is InChI=1S/C12H15NO2.C3H7N3OS.C2H6/c1-9(10-4-2-5-10)11-6-3-7-12(8-11)13(14)15;1-4-3(8)6-5-2-7;1-2/h3,6-10H,2,4-5H2,1H3;2H,1H3,(H,5,7)(H2,4,6,8);1-2H3. The van der Waals surface area contributed by atoms with E-state index in [0.29, 0.717) is 17.4 Å². The first-order chi connectivity index (χ1) is 12.0. The summed E-state index contributed by atoms with van der Waals surface area (Å²) in [6.45, 7) is 6.17. The number of thiocarbonyl (C=S) groups is 1. The Kier molecular flexibility index (Phi) is 11.9. The van der Waals surface area contributed by atoms with Crippen LogP contribution in [0.1, 0.15) is 51.5 Å². The second-order valence-corrected chi connectivity index (χ2v) is 5.71. The van der Waals surface area contributed by atoms with Crippen molar-refractivity contribution in [2.24, 2.45) is 5.92 Å². The van der Waals surface area contributed by atoms with E-state index in [4.69, 9.17) is 0 Å². The zero-order chi connectivity index (χ0) is 19.2. The molecule has 1 aliphatic rings. The average Bonchev–Trinajstić information content (AvgIpc) is 2.60. The van der Waals surface area contributed by atoms with Gasteiger partial charge in [-0.25, -0.2) is 0 Å². The van der Waals surface area contributed by atoms with Crippen LogP contribution in [-0.4, -0.2) is 23.5 Å². The Balaban J connectivity index is 0.000000493. The molecule has 0 heterocycles. The van der Waals surface area contributed by atoms with Crippen LogP contribution in [0, 0.1) is 16.0 Å². The highest BCUT2D eigenvalue weighted by atomic mass is 32.1. The van der Waals surface area contributed by atoms with Crippen LogP contribution in [0.2, 0.25) is 0 Å². The number of nitrogens with zero attached hydrogens (tertiary/aromatic N) is 1. The summed E-state index contributed by atoms with van der Waals surface area (Å²) in [5.41, 5.74) is 5.86. The Bertz CT molecular complexity index is 550. The number of benzene rings is 1.